The first kappa shape index (κ1) is 21.5. The number of hydrogen-bond acceptors (Lipinski definition) is 3. The van der Waals surface area contributed by atoms with E-state index >= 15 is 0 Å². The third-order valence-electron chi connectivity index (χ3n) is 3.64. The fraction of sp³-hybridized carbons (Fsp3) is 0.211. The molecule has 150 valence electrons. The van der Waals surface area contributed by atoms with Crippen molar-refractivity contribution in [2.24, 2.45) is 0 Å². The highest BCUT2D eigenvalue weighted by Gasteiger charge is 2.29. The summed E-state index contributed by atoms with van der Waals surface area (Å²) in [6.45, 7) is 0.283. The van der Waals surface area contributed by atoms with Crippen LogP contribution in [0.1, 0.15) is 16.7 Å². The third-order valence-corrected chi connectivity index (χ3v) is 4.24. The first-order chi connectivity index (χ1) is 13.0. The molecule has 0 spiro atoms. The van der Waals surface area contributed by atoms with Gasteiger partial charge in [0.25, 0.3) is 0 Å². The Morgan fingerprint density at radius 3 is 2.18 bits per heavy atom. The number of anilines is 1. The maximum atomic E-state index is 12.5. The van der Waals surface area contributed by atoms with Gasteiger partial charge in [0.1, 0.15) is 0 Å². The minimum atomic E-state index is -4.36. The standard InChI is InChI=1S/C19H19F3N2O3S/c1-28(26,27)24-17-9-4-14(5-10-17)6-11-18(25)23-13-12-15-2-7-16(8-3-15)19(20,21)22/h2-11,24H,12-13H2,1H3,(H,23,25)/b11-6+. The Kier molecular flexibility index (Phi) is 6.85. The van der Waals surface area contributed by atoms with Crippen LogP contribution in [-0.4, -0.2) is 27.1 Å². The topological polar surface area (TPSA) is 75.3 Å². The monoisotopic (exact) mass is 412 g/mol. The van der Waals surface area contributed by atoms with Crippen molar-refractivity contribution < 1.29 is 26.4 Å². The van der Waals surface area contributed by atoms with Crippen molar-refractivity contribution >= 4 is 27.7 Å². The first-order valence-electron chi connectivity index (χ1n) is 8.23. The number of benzene rings is 2. The van der Waals surface area contributed by atoms with Gasteiger partial charge in [-0.2, -0.15) is 13.2 Å². The van der Waals surface area contributed by atoms with E-state index in [4.69, 9.17) is 0 Å². The SMILES string of the molecule is CS(=O)(=O)Nc1ccc(/C=C/C(=O)NCCc2ccc(C(F)(F)F)cc2)cc1. The van der Waals surface area contributed by atoms with E-state index in [0.29, 0.717) is 23.2 Å². The number of carbonyl (C=O) groups is 1. The molecule has 0 bridgehead atoms. The summed E-state index contributed by atoms with van der Waals surface area (Å²) in [6.07, 6.45) is -0.0144. The van der Waals surface area contributed by atoms with Gasteiger partial charge in [0.05, 0.1) is 11.8 Å². The van der Waals surface area contributed by atoms with Crippen LogP contribution >= 0.6 is 0 Å². The van der Waals surface area contributed by atoms with Crippen LogP contribution in [0.15, 0.2) is 54.6 Å². The Bertz CT molecular complexity index is 936. The molecule has 2 aromatic rings. The van der Waals surface area contributed by atoms with Gasteiger partial charge in [0.15, 0.2) is 0 Å². The maximum Gasteiger partial charge on any atom is 0.416 e. The summed E-state index contributed by atoms with van der Waals surface area (Å²) in [4.78, 5) is 11.8. The largest absolute Gasteiger partial charge is 0.416 e. The highest BCUT2D eigenvalue weighted by Crippen LogP contribution is 2.29. The number of carbonyl (C=O) groups excluding carboxylic acids is 1. The van der Waals surface area contributed by atoms with Gasteiger partial charge < -0.3 is 5.32 Å². The van der Waals surface area contributed by atoms with Crippen molar-refractivity contribution in [3.05, 3.63) is 71.3 Å². The lowest BCUT2D eigenvalue weighted by molar-refractivity contribution is -0.137. The zero-order valence-corrected chi connectivity index (χ0v) is 15.8. The van der Waals surface area contributed by atoms with Crippen LogP contribution in [0.4, 0.5) is 18.9 Å². The normalized spacial score (nSPS) is 12.1. The fourth-order valence-electron chi connectivity index (χ4n) is 2.30. The van der Waals surface area contributed by atoms with Crippen molar-refractivity contribution in [1.82, 2.24) is 5.32 Å². The molecule has 1 amide bonds. The summed E-state index contributed by atoms with van der Waals surface area (Å²) in [5.41, 5.74) is 1.10. The lowest BCUT2D eigenvalue weighted by Crippen LogP contribution is -2.23. The minimum absolute atomic E-state index is 0.283. The van der Waals surface area contributed by atoms with Gasteiger partial charge in [-0.05, 0) is 47.9 Å². The lowest BCUT2D eigenvalue weighted by Gasteiger charge is -2.08. The van der Waals surface area contributed by atoms with E-state index in [1.54, 1.807) is 30.3 Å². The Labute approximate surface area is 161 Å². The fourth-order valence-corrected chi connectivity index (χ4v) is 2.86. The lowest BCUT2D eigenvalue weighted by atomic mass is 10.1. The van der Waals surface area contributed by atoms with Crippen LogP contribution in [0.25, 0.3) is 6.08 Å². The molecule has 0 aliphatic heterocycles. The second-order valence-corrected chi connectivity index (χ2v) is 7.81. The van der Waals surface area contributed by atoms with E-state index in [2.05, 4.69) is 10.0 Å². The van der Waals surface area contributed by atoms with Crippen LogP contribution in [0.3, 0.4) is 0 Å². The summed E-state index contributed by atoms with van der Waals surface area (Å²) >= 11 is 0. The van der Waals surface area contributed by atoms with Crippen LogP contribution in [0, 0.1) is 0 Å². The van der Waals surface area contributed by atoms with Crippen molar-refractivity contribution in [3.63, 3.8) is 0 Å². The molecule has 2 N–H and O–H groups in total. The third kappa shape index (κ3) is 7.43. The zero-order chi connectivity index (χ0) is 20.8. The molecule has 0 atom stereocenters. The molecule has 0 radical (unpaired) electrons. The zero-order valence-electron chi connectivity index (χ0n) is 15.0. The van der Waals surface area contributed by atoms with Crippen LogP contribution in [0.2, 0.25) is 0 Å². The molecule has 0 aromatic heterocycles. The molecule has 9 heteroatoms. The molecule has 5 nitrogen and oxygen atoms in total. The Balaban J connectivity index is 1.80. The number of amides is 1. The average Bonchev–Trinajstić information content (AvgIpc) is 2.59. The maximum absolute atomic E-state index is 12.5. The summed E-state index contributed by atoms with van der Waals surface area (Å²) in [5.74, 6) is -0.342. The minimum Gasteiger partial charge on any atom is -0.352 e. The summed E-state index contributed by atoms with van der Waals surface area (Å²) < 4.78 is 62.1. The molecule has 0 saturated heterocycles. The smallest absolute Gasteiger partial charge is 0.352 e. The van der Waals surface area contributed by atoms with Gasteiger partial charge in [-0.25, -0.2) is 8.42 Å². The van der Waals surface area contributed by atoms with E-state index in [9.17, 15) is 26.4 Å². The Hall–Kier alpha value is -2.81. The van der Waals surface area contributed by atoms with E-state index in [-0.39, 0.29) is 12.5 Å². The first-order valence-corrected chi connectivity index (χ1v) is 10.1. The van der Waals surface area contributed by atoms with Crippen LogP contribution in [-0.2, 0) is 27.4 Å². The summed E-state index contributed by atoms with van der Waals surface area (Å²) in [6, 6.07) is 11.2. The van der Waals surface area contributed by atoms with Crippen molar-refractivity contribution in [3.8, 4) is 0 Å². The van der Waals surface area contributed by atoms with Crippen molar-refractivity contribution in [2.45, 2.75) is 12.6 Å². The highest BCUT2D eigenvalue weighted by atomic mass is 32.2. The second-order valence-electron chi connectivity index (χ2n) is 6.07. The quantitative estimate of drug-likeness (QED) is 0.684. The summed E-state index contributed by atoms with van der Waals surface area (Å²) in [5, 5.41) is 2.65. The second kappa shape index (κ2) is 8.92. The molecular formula is C19H19F3N2O3S. The molecular weight excluding hydrogens is 393 g/mol. The van der Waals surface area contributed by atoms with Crippen molar-refractivity contribution in [2.75, 3.05) is 17.5 Å². The van der Waals surface area contributed by atoms with Crippen molar-refractivity contribution in [1.29, 1.82) is 0 Å². The Morgan fingerprint density at radius 2 is 1.64 bits per heavy atom. The highest BCUT2D eigenvalue weighted by molar-refractivity contribution is 7.92. The molecule has 0 aliphatic rings. The number of nitrogens with one attached hydrogen (secondary N) is 2. The summed E-state index contributed by atoms with van der Waals surface area (Å²) in [7, 11) is -3.35. The molecule has 2 aromatic carbocycles. The van der Waals surface area contributed by atoms with E-state index in [0.717, 1.165) is 18.4 Å². The molecule has 0 saturated carbocycles. The van der Waals surface area contributed by atoms with E-state index in [1.165, 1.54) is 18.2 Å². The predicted octanol–water partition coefficient (Wildman–Crippen LogP) is 3.45. The predicted molar refractivity (Wildman–Crippen MR) is 102 cm³/mol. The average molecular weight is 412 g/mol. The van der Waals surface area contributed by atoms with Crippen LogP contribution < -0.4 is 10.0 Å². The molecule has 2 rings (SSSR count). The van der Waals surface area contributed by atoms with E-state index < -0.39 is 21.8 Å². The van der Waals surface area contributed by atoms with Gasteiger partial charge in [0, 0.05) is 18.3 Å². The number of sulfonamides is 1. The Morgan fingerprint density at radius 1 is 1.04 bits per heavy atom. The van der Waals surface area contributed by atoms with Crippen LogP contribution in [0.5, 0.6) is 0 Å². The number of halogens is 3. The molecule has 0 unspecified atom stereocenters. The molecule has 28 heavy (non-hydrogen) atoms. The number of hydrogen-bond donors (Lipinski definition) is 2. The molecule has 0 aliphatic carbocycles. The van der Waals surface area contributed by atoms with E-state index in [1.807, 2.05) is 0 Å². The number of rotatable bonds is 7. The van der Waals surface area contributed by atoms with Gasteiger partial charge >= 0.3 is 6.18 Å². The van der Waals surface area contributed by atoms with Gasteiger partial charge in [-0.1, -0.05) is 24.3 Å². The van der Waals surface area contributed by atoms with Gasteiger partial charge in [-0.15, -0.1) is 0 Å². The molecule has 0 fully saturated rings. The van der Waals surface area contributed by atoms with Gasteiger partial charge in [-0.3, -0.25) is 9.52 Å². The molecule has 0 heterocycles. The number of alkyl halides is 3. The van der Waals surface area contributed by atoms with Gasteiger partial charge in [0.2, 0.25) is 15.9 Å².